The Bertz CT molecular complexity index is 691. The molecule has 1 aromatic carbocycles. The van der Waals surface area contributed by atoms with Crippen molar-refractivity contribution in [2.24, 2.45) is 0 Å². The minimum Gasteiger partial charge on any atom is -0.292 e. The maximum Gasteiger partial charge on any atom is 0.242 e. The molecule has 0 saturated carbocycles. The number of amides is 1. The van der Waals surface area contributed by atoms with Gasteiger partial charge in [0.2, 0.25) is 5.91 Å². The molecule has 1 aliphatic heterocycles. The fourth-order valence-electron chi connectivity index (χ4n) is 2.28. The molecule has 3 nitrogen and oxygen atoms in total. The number of benzene rings is 1. The van der Waals surface area contributed by atoms with E-state index in [2.05, 4.69) is 4.98 Å². The highest BCUT2D eigenvalue weighted by molar-refractivity contribution is 8.24. The third-order valence-electron chi connectivity index (χ3n) is 3.40. The number of aromatic nitrogens is 1. The summed E-state index contributed by atoms with van der Waals surface area (Å²) in [6, 6.07) is 11.4. The zero-order valence-electron chi connectivity index (χ0n) is 11.6. The highest BCUT2D eigenvalue weighted by Crippen LogP contribution is 2.31. The van der Waals surface area contributed by atoms with Crippen molar-refractivity contribution in [1.82, 2.24) is 9.88 Å². The summed E-state index contributed by atoms with van der Waals surface area (Å²) in [5, 5.41) is 0.535. The Balaban J connectivity index is 1.70. The fraction of sp³-hybridized carbons (Fsp3) is 0.188. The molecule has 0 N–H and O–H groups in total. The van der Waals surface area contributed by atoms with Crippen molar-refractivity contribution in [2.45, 2.75) is 18.2 Å². The van der Waals surface area contributed by atoms with Crippen LogP contribution in [0.25, 0.3) is 0 Å². The Labute approximate surface area is 143 Å². The summed E-state index contributed by atoms with van der Waals surface area (Å²) >= 11 is 12.7. The highest BCUT2D eigenvalue weighted by Gasteiger charge is 2.36. The van der Waals surface area contributed by atoms with Crippen molar-refractivity contribution in [1.29, 1.82) is 0 Å². The Kier molecular flexibility index (Phi) is 4.76. The van der Waals surface area contributed by atoms with E-state index in [0.717, 1.165) is 11.1 Å². The highest BCUT2D eigenvalue weighted by atomic mass is 35.5. The van der Waals surface area contributed by atoms with Crippen LogP contribution in [0.2, 0.25) is 5.02 Å². The summed E-state index contributed by atoms with van der Waals surface area (Å²) in [6.45, 7) is 0.482. The molecule has 0 unspecified atom stereocenters. The van der Waals surface area contributed by atoms with E-state index < -0.39 is 0 Å². The van der Waals surface area contributed by atoms with E-state index >= 15 is 0 Å². The van der Waals surface area contributed by atoms with Gasteiger partial charge in [-0.15, -0.1) is 0 Å². The second kappa shape index (κ2) is 6.77. The first kappa shape index (κ1) is 15.5. The van der Waals surface area contributed by atoms with E-state index in [0.29, 0.717) is 22.3 Å². The van der Waals surface area contributed by atoms with Gasteiger partial charge in [-0.1, -0.05) is 53.8 Å². The molecule has 3 rings (SSSR count). The van der Waals surface area contributed by atoms with Crippen LogP contribution in [0.5, 0.6) is 0 Å². The molecule has 1 fully saturated rings. The van der Waals surface area contributed by atoms with Crippen LogP contribution < -0.4 is 0 Å². The van der Waals surface area contributed by atoms with E-state index in [4.69, 9.17) is 23.8 Å². The molecule has 1 aromatic heterocycles. The van der Waals surface area contributed by atoms with Crippen molar-refractivity contribution >= 4 is 45.8 Å². The molecule has 1 amide bonds. The van der Waals surface area contributed by atoms with Gasteiger partial charge in [0.05, 0.1) is 11.8 Å². The standard InChI is InChI=1S/C16H13ClN2OS2/c17-13-5-3-11(4-6-13)8-14-15(20)19(16(21)22-14)10-12-2-1-7-18-9-12/h1-7,9,14H,8,10H2/t14-/m0/s1. The molecule has 0 radical (unpaired) electrons. The number of thiocarbonyl (C=S) groups is 1. The zero-order chi connectivity index (χ0) is 15.5. The SMILES string of the molecule is O=C1[C@H](Cc2ccc(Cl)cc2)SC(=S)N1Cc1cccnc1. The summed E-state index contributed by atoms with van der Waals surface area (Å²) in [6.07, 6.45) is 4.13. The van der Waals surface area contributed by atoms with Crippen molar-refractivity contribution in [3.63, 3.8) is 0 Å². The van der Waals surface area contributed by atoms with Crippen molar-refractivity contribution in [2.75, 3.05) is 0 Å². The quantitative estimate of drug-likeness (QED) is 0.789. The second-order valence-electron chi connectivity index (χ2n) is 4.99. The summed E-state index contributed by atoms with van der Waals surface area (Å²) in [5.74, 6) is 0.0637. The first-order valence-electron chi connectivity index (χ1n) is 6.79. The number of carbonyl (C=O) groups excluding carboxylic acids is 1. The molecule has 0 aliphatic carbocycles. The van der Waals surface area contributed by atoms with Crippen LogP contribution in [0.15, 0.2) is 48.8 Å². The lowest BCUT2D eigenvalue weighted by Gasteiger charge is -2.15. The average Bonchev–Trinajstić information content (AvgIpc) is 2.78. The summed E-state index contributed by atoms with van der Waals surface area (Å²) in [5.41, 5.74) is 2.06. The van der Waals surface area contributed by atoms with E-state index in [1.807, 2.05) is 36.4 Å². The smallest absolute Gasteiger partial charge is 0.242 e. The molecule has 1 aliphatic rings. The van der Waals surface area contributed by atoms with Gasteiger partial charge in [0.15, 0.2) is 0 Å². The molecule has 22 heavy (non-hydrogen) atoms. The Hall–Kier alpha value is -1.43. The maximum atomic E-state index is 12.6. The number of nitrogens with zero attached hydrogens (tertiary/aromatic N) is 2. The minimum absolute atomic E-state index is 0.0637. The van der Waals surface area contributed by atoms with Gasteiger partial charge in [-0.3, -0.25) is 14.7 Å². The predicted octanol–water partition coefficient (Wildman–Crippen LogP) is 3.71. The molecule has 112 valence electrons. The lowest BCUT2D eigenvalue weighted by Crippen LogP contribution is -2.31. The van der Waals surface area contributed by atoms with E-state index in [1.54, 1.807) is 17.3 Å². The summed E-state index contributed by atoms with van der Waals surface area (Å²) in [7, 11) is 0. The Morgan fingerprint density at radius 3 is 2.68 bits per heavy atom. The number of hydrogen-bond acceptors (Lipinski definition) is 4. The largest absolute Gasteiger partial charge is 0.292 e. The molecule has 0 bridgehead atoms. The number of rotatable bonds is 4. The topological polar surface area (TPSA) is 33.2 Å². The number of carbonyl (C=O) groups is 1. The van der Waals surface area contributed by atoms with Crippen molar-refractivity contribution in [3.05, 3.63) is 64.9 Å². The molecule has 2 aromatic rings. The summed E-state index contributed by atoms with van der Waals surface area (Å²) in [4.78, 5) is 18.3. The number of halogens is 1. The van der Waals surface area contributed by atoms with E-state index in [-0.39, 0.29) is 11.2 Å². The maximum absolute atomic E-state index is 12.6. The minimum atomic E-state index is -0.162. The number of thioether (sulfide) groups is 1. The van der Waals surface area contributed by atoms with Gasteiger partial charge in [-0.25, -0.2) is 0 Å². The van der Waals surface area contributed by atoms with Crippen LogP contribution in [-0.4, -0.2) is 25.4 Å². The molecular weight excluding hydrogens is 336 g/mol. The first-order valence-corrected chi connectivity index (χ1v) is 8.45. The van der Waals surface area contributed by atoms with Crippen LogP contribution in [0.1, 0.15) is 11.1 Å². The summed E-state index contributed by atoms with van der Waals surface area (Å²) < 4.78 is 0.632. The molecular formula is C16H13ClN2OS2. The molecule has 1 atom stereocenters. The van der Waals surface area contributed by atoms with Crippen LogP contribution in [0.3, 0.4) is 0 Å². The normalized spacial score (nSPS) is 18.0. The lowest BCUT2D eigenvalue weighted by molar-refractivity contribution is -0.126. The molecule has 1 saturated heterocycles. The van der Waals surface area contributed by atoms with Gasteiger partial charge >= 0.3 is 0 Å². The van der Waals surface area contributed by atoms with E-state index in [1.165, 1.54) is 11.8 Å². The fourth-order valence-corrected chi connectivity index (χ4v) is 3.94. The van der Waals surface area contributed by atoms with Crippen molar-refractivity contribution in [3.8, 4) is 0 Å². The number of pyridine rings is 1. The van der Waals surface area contributed by atoms with Gasteiger partial charge in [-0.2, -0.15) is 0 Å². The molecule has 0 spiro atoms. The third-order valence-corrected chi connectivity index (χ3v) is 5.24. The van der Waals surface area contributed by atoms with Crippen LogP contribution in [-0.2, 0) is 17.8 Å². The Morgan fingerprint density at radius 2 is 2.00 bits per heavy atom. The zero-order valence-corrected chi connectivity index (χ0v) is 14.0. The van der Waals surface area contributed by atoms with Crippen molar-refractivity contribution < 1.29 is 4.79 Å². The molecule has 6 heteroatoms. The van der Waals surface area contributed by atoms with Gasteiger partial charge in [0.25, 0.3) is 0 Å². The van der Waals surface area contributed by atoms with Gasteiger partial charge in [0, 0.05) is 17.4 Å². The molecule has 2 heterocycles. The van der Waals surface area contributed by atoms with Crippen LogP contribution in [0.4, 0.5) is 0 Å². The van der Waals surface area contributed by atoms with E-state index in [9.17, 15) is 4.79 Å². The monoisotopic (exact) mass is 348 g/mol. The predicted molar refractivity (Wildman–Crippen MR) is 93.9 cm³/mol. The van der Waals surface area contributed by atoms with Crippen LogP contribution in [0, 0.1) is 0 Å². The van der Waals surface area contributed by atoms with Gasteiger partial charge in [-0.05, 0) is 35.7 Å². The third kappa shape index (κ3) is 3.48. The lowest BCUT2D eigenvalue weighted by atomic mass is 10.1. The first-order chi connectivity index (χ1) is 10.6. The second-order valence-corrected chi connectivity index (χ2v) is 7.26. The van der Waals surface area contributed by atoms with Gasteiger partial charge < -0.3 is 0 Å². The average molecular weight is 349 g/mol. The number of hydrogen-bond donors (Lipinski definition) is 0. The Morgan fingerprint density at radius 1 is 1.23 bits per heavy atom. The van der Waals surface area contributed by atoms with Crippen LogP contribution >= 0.6 is 35.6 Å². The van der Waals surface area contributed by atoms with Gasteiger partial charge in [0.1, 0.15) is 4.32 Å².